The lowest BCUT2D eigenvalue weighted by Gasteiger charge is -2.24. The molecule has 0 spiro atoms. The maximum atomic E-state index is 12.5. The van der Waals surface area contributed by atoms with Gasteiger partial charge in [0.2, 0.25) is 0 Å². The van der Waals surface area contributed by atoms with Gasteiger partial charge in [0.15, 0.2) is 0 Å². The molecule has 5 heteroatoms. The number of urea groups is 1. The zero-order valence-electron chi connectivity index (χ0n) is 13.8. The highest BCUT2D eigenvalue weighted by atomic mass is 16.4. The molecular weight excluding hydrogens is 304 g/mol. The molecule has 2 amide bonds. The summed E-state index contributed by atoms with van der Waals surface area (Å²) in [6, 6.07) is 8.33. The zero-order valence-corrected chi connectivity index (χ0v) is 13.8. The van der Waals surface area contributed by atoms with Gasteiger partial charge < -0.3 is 15.3 Å². The van der Waals surface area contributed by atoms with Crippen molar-refractivity contribution in [2.75, 3.05) is 19.6 Å². The fourth-order valence-corrected chi connectivity index (χ4v) is 4.97. The molecule has 2 fully saturated rings. The van der Waals surface area contributed by atoms with E-state index in [9.17, 15) is 14.7 Å². The molecular formula is C19H24N2O3. The number of rotatable bonds is 3. The summed E-state index contributed by atoms with van der Waals surface area (Å²) in [6.45, 7) is 1.58. The van der Waals surface area contributed by atoms with E-state index in [1.165, 1.54) is 11.1 Å². The molecule has 1 aromatic rings. The summed E-state index contributed by atoms with van der Waals surface area (Å²) in [6.07, 6.45) is 4.73. The summed E-state index contributed by atoms with van der Waals surface area (Å²) in [5, 5.41) is 12.7. The highest BCUT2D eigenvalue weighted by Gasteiger charge is 2.55. The largest absolute Gasteiger partial charge is 0.481 e. The Morgan fingerprint density at radius 2 is 2.12 bits per heavy atom. The summed E-state index contributed by atoms with van der Waals surface area (Å²) in [4.78, 5) is 26.0. The van der Waals surface area contributed by atoms with Crippen LogP contribution in [0.1, 0.15) is 42.7 Å². The van der Waals surface area contributed by atoms with Crippen molar-refractivity contribution in [1.29, 1.82) is 0 Å². The Morgan fingerprint density at radius 1 is 1.29 bits per heavy atom. The Balaban J connectivity index is 1.37. The van der Waals surface area contributed by atoms with Gasteiger partial charge in [-0.3, -0.25) is 4.79 Å². The fraction of sp³-hybridized carbons (Fsp3) is 0.579. The minimum atomic E-state index is -0.731. The Morgan fingerprint density at radius 3 is 2.92 bits per heavy atom. The van der Waals surface area contributed by atoms with Crippen LogP contribution in [0.3, 0.4) is 0 Å². The first-order chi connectivity index (χ1) is 11.6. The predicted octanol–water partition coefficient (Wildman–Crippen LogP) is 2.61. The Hall–Kier alpha value is -2.04. The van der Waals surface area contributed by atoms with Gasteiger partial charge in [-0.1, -0.05) is 30.7 Å². The first-order valence-corrected chi connectivity index (χ1v) is 8.94. The van der Waals surface area contributed by atoms with Gasteiger partial charge in [0.25, 0.3) is 0 Å². The molecule has 1 aromatic carbocycles. The van der Waals surface area contributed by atoms with Gasteiger partial charge in [0.05, 0.1) is 5.41 Å². The van der Waals surface area contributed by atoms with Crippen molar-refractivity contribution in [3.63, 3.8) is 0 Å². The summed E-state index contributed by atoms with van der Waals surface area (Å²) in [5.74, 6) is -0.237. The van der Waals surface area contributed by atoms with E-state index in [1.54, 1.807) is 4.90 Å². The van der Waals surface area contributed by atoms with Gasteiger partial charge in [-0.15, -0.1) is 0 Å². The molecule has 2 aliphatic carbocycles. The van der Waals surface area contributed by atoms with E-state index in [1.807, 2.05) is 0 Å². The minimum Gasteiger partial charge on any atom is -0.481 e. The number of nitrogens with zero attached hydrogens (tertiary/aromatic N) is 1. The Labute approximate surface area is 142 Å². The van der Waals surface area contributed by atoms with Gasteiger partial charge in [0, 0.05) is 25.6 Å². The summed E-state index contributed by atoms with van der Waals surface area (Å²) >= 11 is 0. The number of carbonyl (C=O) groups excluding carboxylic acids is 1. The smallest absolute Gasteiger partial charge is 0.317 e. The number of likely N-dealkylation sites (tertiary alicyclic amines) is 1. The van der Waals surface area contributed by atoms with Crippen molar-refractivity contribution in [2.24, 2.45) is 11.3 Å². The Kier molecular flexibility index (Phi) is 3.74. The van der Waals surface area contributed by atoms with Crippen molar-refractivity contribution in [3.8, 4) is 0 Å². The van der Waals surface area contributed by atoms with Crippen molar-refractivity contribution >= 4 is 12.0 Å². The minimum absolute atomic E-state index is 0.102. The first kappa shape index (κ1) is 15.5. The quantitative estimate of drug-likeness (QED) is 0.896. The second-order valence-corrected chi connectivity index (χ2v) is 7.55. The summed E-state index contributed by atoms with van der Waals surface area (Å²) in [5.41, 5.74) is 2.03. The van der Waals surface area contributed by atoms with Crippen LogP contribution in [0, 0.1) is 11.3 Å². The van der Waals surface area contributed by atoms with Gasteiger partial charge in [0.1, 0.15) is 0 Å². The molecule has 3 aliphatic rings. The van der Waals surface area contributed by atoms with Crippen molar-refractivity contribution in [2.45, 2.75) is 38.0 Å². The number of carboxylic acids is 1. The van der Waals surface area contributed by atoms with Crippen molar-refractivity contribution < 1.29 is 14.7 Å². The van der Waals surface area contributed by atoms with Crippen LogP contribution < -0.4 is 5.32 Å². The lowest BCUT2D eigenvalue weighted by atomic mass is 9.81. The maximum Gasteiger partial charge on any atom is 0.317 e. The molecule has 4 rings (SSSR count). The topological polar surface area (TPSA) is 69.6 Å². The zero-order chi connectivity index (χ0) is 16.7. The molecule has 1 unspecified atom stereocenters. The van der Waals surface area contributed by atoms with Crippen LogP contribution in [0.15, 0.2) is 24.3 Å². The van der Waals surface area contributed by atoms with Crippen LogP contribution in [0.25, 0.3) is 0 Å². The Bertz CT molecular complexity index is 674. The SMILES string of the molecule is O=C(NCC1CCc2ccccc21)N1C[C@@H]2CCC[C@@]2(C(=O)O)C1. The second kappa shape index (κ2) is 5.80. The third-order valence-corrected chi connectivity index (χ3v) is 6.34. The average molecular weight is 328 g/mol. The first-order valence-electron chi connectivity index (χ1n) is 8.94. The summed E-state index contributed by atoms with van der Waals surface area (Å²) in [7, 11) is 0. The van der Waals surface area contributed by atoms with Crippen molar-refractivity contribution in [1.82, 2.24) is 10.2 Å². The predicted molar refractivity (Wildman–Crippen MR) is 89.9 cm³/mol. The maximum absolute atomic E-state index is 12.5. The van der Waals surface area contributed by atoms with E-state index in [0.29, 0.717) is 32.0 Å². The lowest BCUT2D eigenvalue weighted by Crippen LogP contribution is -2.42. The van der Waals surface area contributed by atoms with Crippen LogP contribution in [0.4, 0.5) is 4.79 Å². The summed E-state index contributed by atoms with van der Waals surface area (Å²) < 4.78 is 0. The standard InChI is InChI=1S/C19H24N2O3/c22-17(23)19-9-3-5-15(19)11-21(12-19)18(24)20-10-14-8-7-13-4-1-2-6-16(13)14/h1-2,4,6,14-15H,3,5,7-12H2,(H,20,24)(H,22,23)/t14?,15-,19+/m0/s1. The molecule has 0 bridgehead atoms. The molecule has 24 heavy (non-hydrogen) atoms. The molecule has 2 N–H and O–H groups in total. The molecule has 128 valence electrons. The number of aryl methyl sites for hydroxylation is 1. The molecule has 3 atom stereocenters. The monoisotopic (exact) mass is 328 g/mol. The number of fused-ring (bicyclic) bond motifs is 2. The number of carboxylic acid groups (broad SMARTS) is 1. The highest BCUT2D eigenvalue weighted by Crippen LogP contribution is 2.48. The van der Waals surface area contributed by atoms with E-state index in [0.717, 1.165) is 25.7 Å². The van der Waals surface area contributed by atoms with Crippen molar-refractivity contribution in [3.05, 3.63) is 35.4 Å². The number of nitrogens with one attached hydrogen (secondary N) is 1. The number of benzene rings is 1. The van der Waals surface area contributed by atoms with Gasteiger partial charge in [-0.05, 0) is 42.7 Å². The lowest BCUT2D eigenvalue weighted by molar-refractivity contribution is -0.149. The van der Waals surface area contributed by atoms with Gasteiger partial charge >= 0.3 is 12.0 Å². The number of amides is 2. The average Bonchev–Trinajstić information content (AvgIpc) is 3.25. The van der Waals surface area contributed by atoms with Crippen LogP contribution in [-0.2, 0) is 11.2 Å². The molecule has 1 heterocycles. The normalized spacial score (nSPS) is 30.9. The molecule has 5 nitrogen and oxygen atoms in total. The molecule has 1 saturated heterocycles. The molecule has 0 aromatic heterocycles. The number of carbonyl (C=O) groups is 2. The third-order valence-electron chi connectivity index (χ3n) is 6.34. The van der Waals surface area contributed by atoms with Crippen LogP contribution in [0.2, 0.25) is 0 Å². The van der Waals surface area contributed by atoms with Crippen LogP contribution in [0.5, 0.6) is 0 Å². The van der Waals surface area contributed by atoms with E-state index >= 15 is 0 Å². The van der Waals surface area contributed by atoms with Crippen LogP contribution >= 0.6 is 0 Å². The highest BCUT2D eigenvalue weighted by molar-refractivity contribution is 5.80. The van der Waals surface area contributed by atoms with Gasteiger partial charge in [-0.25, -0.2) is 4.79 Å². The molecule has 1 aliphatic heterocycles. The third kappa shape index (κ3) is 2.38. The second-order valence-electron chi connectivity index (χ2n) is 7.55. The van der Waals surface area contributed by atoms with E-state index in [-0.39, 0.29) is 11.9 Å². The number of aliphatic carboxylic acids is 1. The van der Waals surface area contributed by atoms with E-state index in [2.05, 4.69) is 29.6 Å². The molecule has 1 saturated carbocycles. The van der Waals surface area contributed by atoms with Gasteiger partial charge in [-0.2, -0.15) is 0 Å². The number of hydrogen-bond donors (Lipinski definition) is 2. The van der Waals surface area contributed by atoms with E-state index in [4.69, 9.17) is 0 Å². The fourth-order valence-electron chi connectivity index (χ4n) is 4.97. The van der Waals surface area contributed by atoms with Crippen LogP contribution in [-0.4, -0.2) is 41.6 Å². The number of hydrogen-bond acceptors (Lipinski definition) is 2. The van der Waals surface area contributed by atoms with E-state index < -0.39 is 11.4 Å². The molecule has 0 radical (unpaired) electrons.